The predicted molar refractivity (Wildman–Crippen MR) is 143 cm³/mol. The average Bonchev–Trinajstić information content (AvgIpc) is 2.81. The molecule has 1 fully saturated rings. The summed E-state index contributed by atoms with van der Waals surface area (Å²) in [6, 6.07) is 29.4. The number of hydrogen-bond donors (Lipinski definition) is 0. The molecule has 1 nitrogen and oxygen atoms in total. The Bertz CT molecular complexity index is 995. The smallest absolute Gasteiger partial charge is 0.00362 e. The van der Waals surface area contributed by atoms with Crippen molar-refractivity contribution in [3.63, 3.8) is 0 Å². The highest BCUT2D eigenvalue weighted by molar-refractivity contribution is 14.1. The molecule has 0 N–H and O–H groups in total. The van der Waals surface area contributed by atoms with Crippen LogP contribution in [0.4, 0.5) is 0 Å². The van der Waals surface area contributed by atoms with E-state index in [1.54, 1.807) is 0 Å². The van der Waals surface area contributed by atoms with Crippen molar-refractivity contribution in [2.24, 2.45) is 0 Å². The lowest BCUT2D eigenvalue weighted by Gasteiger charge is -2.29. The van der Waals surface area contributed by atoms with Crippen LogP contribution in [0.15, 0.2) is 78.9 Å². The maximum Gasteiger partial charge on any atom is 0.00362 e. The number of likely N-dealkylation sites (tertiary alicyclic amines) is 1. The van der Waals surface area contributed by atoms with Gasteiger partial charge in [-0.25, -0.2) is 0 Å². The molecule has 1 heterocycles. The molecule has 3 aromatic carbocycles. The summed E-state index contributed by atoms with van der Waals surface area (Å²) in [5, 5.41) is 0. The zero-order chi connectivity index (χ0) is 21.6. The quantitative estimate of drug-likeness (QED) is 0.184. The van der Waals surface area contributed by atoms with Crippen molar-refractivity contribution in [2.45, 2.75) is 32.1 Å². The number of rotatable bonds is 6. The van der Waals surface area contributed by atoms with Gasteiger partial charge in [0.25, 0.3) is 0 Å². The number of benzene rings is 3. The number of hydrogen-bond acceptors (Lipinski definition) is 1. The molecule has 31 heavy (non-hydrogen) atoms. The summed E-state index contributed by atoms with van der Waals surface area (Å²) in [6.45, 7) is 4.57. The second-order valence-corrected chi connectivity index (χ2v) is 9.80. The van der Waals surface area contributed by atoms with Gasteiger partial charge in [-0.3, -0.25) is 0 Å². The maximum atomic E-state index is 2.50. The van der Waals surface area contributed by atoms with E-state index in [1.807, 2.05) is 0 Å². The van der Waals surface area contributed by atoms with Crippen LogP contribution in [0.3, 0.4) is 0 Å². The molecule has 0 radical (unpaired) electrons. The lowest BCUT2D eigenvalue weighted by Crippen LogP contribution is -2.29. The lowest BCUT2D eigenvalue weighted by molar-refractivity contribution is 0.255. The lowest BCUT2D eigenvalue weighted by atomic mass is 9.85. The van der Waals surface area contributed by atoms with Crippen molar-refractivity contribution in [3.05, 3.63) is 107 Å². The molecule has 4 rings (SSSR count). The highest BCUT2D eigenvalue weighted by Crippen LogP contribution is 2.36. The van der Waals surface area contributed by atoms with Crippen LogP contribution >= 0.6 is 22.6 Å². The van der Waals surface area contributed by atoms with Crippen molar-refractivity contribution >= 4 is 33.7 Å². The maximum absolute atomic E-state index is 2.50. The molecule has 2 heteroatoms. The minimum atomic E-state index is 0.694. The van der Waals surface area contributed by atoms with Gasteiger partial charge in [0.1, 0.15) is 0 Å². The number of halogens is 1. The van der Waals surface area contributed by atoms with Gasteiger partial charge in [0.05, 0.1) is 0 Å². The second-order valence-electron chi connectivity index (χ2n) is 8.72. The Hall–Kier alpha value is -1.91. The van der Waals surface area contributed by atoms with Crippen LogP contribution < -0.4 is 0 Å². The highest BCUT2D eigenvalue weighted by Gasteiger charge is 2.19. The Morgan fingerprint density at radius 1 is 0.806 bits per heavy atom. The van der Waals surface area contributed by atoms with E-state index in [0.29, 0.717) is 5.92 Å². The van der Waals surface area contributed by atoms with Crippen LogP contribution in [-0.4, -0.2) is 29.5 Å². The van der Waals surface area contributed by atoms with Crippen molar-refractivity contribution in [1.29, 1.82) is 0 Å². The van der Waals surface area contributed by atoms with E-state index >= 15 is 0 Å². The van der Waals surface area contributed by atoms with Crippen LogP contribution in [0.25, 0.3) is 11.1 Å². The number of piperidine rings is 1. The van der Waals surface area contributed by atoms with E-state index in [2.05, 4.69) is 120 Å². The van der Waals surface area contributed by atoms with Crippen LogP contribution in [0, 0.1) is 6.92 Å². The summed E-state index contributed by atoms with van der Waals surface area (Å²) in [6.07, 6.45) is 3.59. The molecule has 1 saturated heterocycles. The average molecular weight is 521 g/mol. The Morgan fingerprint density at radius 3 is 1.97 bits per heavy atom. The Kier molecular flexibility index (Phi) is 7.62. The summed E-state index contributed by atoms with van der Waals surface area (Å²) in [5.74, 6) is 0.694. The van der Waals surface area contributed by atoms with E-state index in [9.17, 15) is 0 Å². The SMILES string of the molecule is Cc1ccc(/C(=C(\CCI)c2ccccc2)c2ccc(C3CCN(C)CC3)cc2)cc1. The largest absolute Gasteiger partial charge is 0.306 e. The molecular weight excluding hydrogens is 489 g/mol. The monoisotopic (exact) mass is 521 g/mol. The van der Waals surface area contributed by atoms with Gasteiger partial charge in [0, 0.05) is 4.43 Å². The van der Waals surface area contributed by atoms with E-state index in [4.69, 9.17) is 0 Å². The third-order valence-corrected chi connectivity index (χ3v) is 7.04. The third kappa shape index (κ3) is 5.48. The summed E-state index contributed by atoms with van der Waals surface area (Å²) in [7, 11) is 2.23. The first-order valence-corrected chi connectivity index (χ1v) is 12.9. The fourth-order valence-electron chi connectivity index (χ4n) is 4.65. The third-order valence-electron chi connectivity index (χ3n) is 6.50. The molecule has 1 aliphatic rings. The Morgan fingerprint density at radius 2 is 1.39 bits per heavy atom. The zero-order valence-electron chi connectivity index (χ0n) is 18.7. The molecule has 0 bridgehead atoms. The van der Waals surface area contributed by atoms with Crippen molar-refractivity contribution in [1.82, 2.24) is 4.90 Å². The van der Waals surface area contributed by atoms with E-state index < -0.39 is 0 Å². The summed E-state index contributed by atoms with van der Waals surface area (Å²) in [4.78, 5) is 2.44. The molecule has 3 aromatic rings. The summed E-state index contributed by atoms with van der Waals surface area (Å²) < 4.78 is 1.10. The van der Waals surface area contributed by atoms with Crippen LogP contribution in [-0.2, 0) is 0 Å². The first kappa shape index (κ1) is 22.3. The molecule has 0 spiro atoms. The van der Waals surface area contributed by atoms with Gasteiger partial charge in [-0.1, -0.05) is 107 Å². The van der Waals surface area contributed by atoms with Gasteiger partial charge in [-0.15, -0.1) is 0 Å². The molecule has 0 amide bonds. The molecule has 160 valence electrons. The van der Waals surface area contributed by atoms with Crippen LogP contribution in [0.5, 0.6) is 0 Å². The number of nitrogens with zero attached hydrogens (tertiary/aromatic N) is 1. The first-order chi connectivity index (χ1) is 15.2. The number of allylic oxidation sites excluding steroid dienone is 1. The standard InChI is InChI=1S/C29H32IN/c1-22-8-10-26(11-9-22)29(28(16-19-30)25-6-4-3-5-7-25)27-14-12-23(13-15-27)24-17-20-31(2)21-18-24/h3-15,24H,16-21H2,1-2H3/b29-28-. The second kappa shape index (κ2) is 10.6. The number of aryl methyl sites for hydroxylation is 1. The topological polar surface area (TPSA) is 3.24 Å². The van der Waals surface area contributed by atoms with Gasteiger partial charge in [-0.05, 0) is 85.6 Å². The van der Waals surface area contributed by atoms with Crippen molar-refractivity contribution in [3.8, 4) is 0 Å². The van der Waals surface area contributed by atoms with Crippen molar-refractivity contribution in [2.75, 3.05) is 24.6 Å². The van der Waals surface area contributed by atoms with Crippen molar-refractivity contribution < 1.29 is 0 Å². The minimum Gasteiger partial charge on any atom is -0.306 e. The fraction of sp³-hybridized carbons (Fsp3) is 0.310. The van der Waals surface area contributed by atoms with Gasteiger partial charge in [0.2, 0.25) is 0 Å². The van der Waals surface area contributed by atoms with Gasteiger partial charge in [-0.2, -0.15) is 0 Å². The first-order valence-electron chi connectivity index (χ1n) is 11.4. The highest BCUT2D eigenvalue weighted by atomic mass is 127. The Labute approximate surface area is 201 Å². The zero-order valence-corrected chi connectivity index (χ0v) is 20.8. The number of alkyl halides is 1. The minimum absolute atomic E-state index is 0.694. The van der Waals surface area contributed by atoms with E-state index in [1.165, 1.54) is 64.9 Å². The fourth-order valence-corrected chi connectivity index (χ4v) is 5.19. The molecule has 0 atom stereocenters. The molecule has 1 aliphatic heterocycles. The molecule has 0 aromatic heterocycles. The molecule has 0 aliphatic carbocycles. The predicted octanol–water partition coefficient (Wildman–Crippen LogP) is 7.59. The van der Waals surface area contributed by atoms with Gasteiger partial charge in [0.15, 0.2) is 0 Å². The summed E-state index contributed by atoms with van der Waals surface area (Å²) >= 11 is 2.50. The van der Waals surface area contributed by atoms with E-state index in [-0.39, 0.29) is 0 Å². The molecule has 0 unspecified atom stereocenters. The molecule has 0 saturated carbocycles. The van der Waals surface area contributed by atoms with E-state index in [0.717, 1.165) is 10.8 Å². The van der Waals surface area contributed by atoms with Crippen LogP contribution in [0.1, 0.15) is 53.0 Å². The summed E-state index contributed by atoms with van der Waals surface area (Å²) in [5.41, 5.74) is 9.56. The van der Waals surface area contributed by atoms with Gasteiger partial charge < -0.3 is 4.90 Å². The normalized spacial score (nSPS) is 16.2. The van der Waals surface area contributed by atoms with Crippen LogP contribution in [0.2, 0.25) is 0 Å². The Balaban J connectivity index is 1.78. The molecular formula is C29H32IN. The van der Waals surface area contributed by atoms with Gasteiger partial charge >= 0.3 is 0 Å².